The van der Waals surface area contributed by atoms with Gasteiger partial charge < -0.3 is 39.4 Å². The van der Waals surface area contributed by atoms with Gasteiger partial charge in [0.15, 0.2) is 12.4 Å². The fraction of sp³-hybridized carbons (Fsp3) is 0.811. The van der Waals surface area contributed by atoms with Crippen molar-refractivity contribution in [3.63, 3.8) is 0 Å². The van der Waals surface area contributed by atoms with Gasteiger partial charge in [0, 0.05) is 12.8 Å². The number of aliphatic hydroxyl groups is 4. The molecule has 0 aromatic heterocycles. The summed E-state index contributed by atoms with van der Waals surface area (Å²) in [6.45, 7) is 3.29. The Bertz CT molecular complexity index is 1170. The third-order valence-corrected chi connectivity index (χ3v) is 11.7. The van der Waals surface area contributed by atoms with E-state index in [1.807, 2.05) is 0 Å². The zero-order valence-corrected chi connectivity index (χ0v) is 40.1. The Hall–Kier alpha value is -2.34. The van der Waals surface area contributed by atoms with Crippen LogP contribution in [0.4, 0.5) is 0 Å². The molecule has 0 bridgehead atoms. The van der Waals surface area contributed by atoms with Crippen LogP contribution in [0, 0.1) is 0 Å². The summed E-state index contributed by atoms with van der Waals surface area (Å²) >= 11 is 0. The van der Waals surface area contributed by atoms with Gasteiger partial charge in [0.25, 0.3) is 0 Å². The summed E-state index contributed by atoms with van der Waals surface area (Å²) in [6, 6.07) is 0. The Labute approximate surface area is 384 Å². The van der Waals surface area contributed by atoms with E-state index < -0.39 is 55.4 Å². The zero-order chi connectivity index (χ0) is 45.9. The highest BCUT2D eigenvalue weighted by molar-refractivity contribution is 5.70. The van der Waals surface area contributed by atoms with Gasteiger partial charge in [-0.2, -0.15) is 0 Å². The minimum absolute atomic E-state index is 0.178. The lowest BCUT2D eigenvalue weighted by Gasteiger charge is -2.39. The Morgan fingerprint density at radius 2 is 0.952 bits per heavy atom. The van der Waals surface area contributed by atoms with Crippen molar-refractivity contribution in [3.05, 3.63) is 48.6 Å². The fourth-order valence-corrected chi connectivity index (χ4v) is 7.68. The molecule has 1 saturated heterocycles. The normalized spacial score (nSPS) is 19.9. The molecule has 2 unspecified atom stereocenters. The summed E-state index contributed by atoms with van der Waals surface area (Å²) in [5.74, 6) is -0.860. The number of allylic oxidation sites excluding steroid dienone is 8. The minimum atomic E-state index is -1.60. The van der Waals surface area contributed by atoms with Gasteiger partial charge in [-0.05, 0) is 64.2 Å². The predicted octanol–water partition coefficient (Wildman–Crippen LogP) is 12.0. The van der Waals surface area contributed by atoms with Gasteiger partial charge in [0.2, 0.25) is 0 Å². The molecule has 366 valence electrons. The number of esters is 2. The molecule has 1 fully saturated rings. The number of ether oxygens (including phenoxy) is 4. The van der Waals surface area contributed by atoms with Crippen molar-refractivity contribution in [2.24, 2.45) is 0 Å². The molecule has 4 N–H and O–H groups in total. The molecular weight excluding hydrogens is 797 g/mol. The lowest BCUT2D eigenvalue weighted by molar-refractivity contribution is -0.305. The van der Waals surface area contributed by atoms with Crippen LogP contribution in [-0.2, 0) is 28.5 Å². The second kappa shape index (κ2) is 43.5. The van der Waals surface area contributed by atoms with Crippen LogP contribution in [0.5, 0.6) is 0 Å². The van der Waals surface area contributed by atoms with Crippen molar-refractivity contribution in [3.8, 4) is 0 Å². The number of hydrogen-bond acceptors (Lipinski definition) is 10. The standard InChI is InChI=1S/C53H94O10/c1-3-5-7-9-11-13-15-17-19-20-21-22-23-24-25-26-28-30-32-34-36-38-40-42-49(56)62-46(45-61-53-52(59)51(58)50(57)47(43-54)63-53)44-60-48(55)41-39-37-35-33-31-29-27-18-16-14-12-10-8-6-4-2/h6,8,12,14,18,27,34,36,46-47,50-54,57-59H,3-5,7,9-11,13,15-17,19-26,28-33,35,37-45H2,1-2H3/b8-6+,14-12+,27-18+,36-34+/t46-,47-,50+,51?,52?,53-/m1/s1. The first kappa shape index (κ1) is 58.7. The summed E-state index contributed by atoms with van der Waals surface area (Å²) in [7, 11) is 0. The summed E-state index contributed by atoms with van der Waals surface area (Å²) in [5, 5.41) is 40.2. The smallest absolute Gasteiger partial charge is 0.306 e. The van der Waals surface area contributed by atoms with E-state index in [1.165, 1.54) is 116 Å². The van der Waals surface area contributed by atoms with Crippen LogP contribution in [0.1, 0.15) is 219 Å². The summed E-state index contributed by atoms with van der Waals surface area (Å²) in [4.78, 5) is 25.4. The van der Waals surface area contributed by atoms with Crippen LogP contribution in [0.2, 0.25) is 0 Å². The number of carbonyl (C=O) groups is 2. The molecule has 0 spiro atoms. The number of unbranched alkanes of at least 4 members (excludes halogenated alkanes) is 24. The monoisotopic (exact) mass is 891 g/mol. The van der Waals surface area contributed by atoms with Crippen LogP contribution in [0.15, 0.2) is 48.6 Å². The van der Waals surface area contributed by atoms with Crippen molar-refractivity contribution >= 4 is 11.9 Å². The third kappa shape index (κ3) is 34.6. The lowest BCUT2D eigenvalue weighted by atomic mass is 9.99. The van der Waals surface area contributed by atoms with E-state index in [-0.39, 0.29) is 26.1 Å². The zero-order valence-electron chi connectivity index (χ0n) is 40.1. The molecular formula is C53H94O10. The molecule has 0 amide bonds. The summed E-state index contributed by atoms with van der Waals surface area (Å²) in [6.07, 6.45) is 45.7. The summed E-state index contributed by atoms with van der Waals surface area (Å²) < 4.78 is 22.2. The lowest BCUT2D eigenvalue weighted by Crippen LogP contribution is -2.59. The minimum Gasteiger partial charge on any atom is -0.462 e. The second-order valence-corrected chi connectivity index (χ2v) is 17.6. The van der Waals surface area contributed by atoms with E-state index in [4.69, 9.17) is 18.9 Å². The van der Waals surface area contributed by atoms with Gasteiger partial charge in [-0.3, -0.25) is 9.59 Å². The SMILES string of the molecule is CC/C=C/C/C=C/C/C=C/CCCCCCCC(=O)OC[C@H](CO[C@@H]1O[C@H](CO)[C@H](O)C(O)C1O)OC(=O)CCC/C=C/CCCCCCCCCCCCCCCCCCCC. The molecule has 0 aliphatic carbocycles. The van der Waals surface area contributed by atoms with E-state index in [0.717, 1.165) is 64.2 Å². The quantitative estimate of drug-likeness (QED) is 0.0264. The van der Waals surface area contributed by atoms with Crippen molar-refractivity contribution in [1.29, 1.82) is 0 Å². The largest absolute Gasteiger partial charge is 0.462 e. The van der Waals surface area contributed by atoms with Gasteiger partial charge >= 0.3 is 11.9 Å². The molecule has 10 heteroatoms. The molecule has 1 heterocycles. The first-order valence-electron chi connectivity index (χ1n) is 25.7. The Morgan fingerprint density at radius 3 is 1.48 bits per heavy atom. The molecule has 63 heavy (non-hydrogen) atoms. The first-order chi connectivity index (χ1) is 30.8. The van der Waals surface area contributed by atoms with E-state index >= 15 is 0 Å². The number of carbonyl (C=O) groups excluding carboxylic acids is 2. The molecule has 10 nitrogen and oxygen atoms in total. The molecule has 0 aromatic carbocycles. The number of aliphatic hydroxyl groups excluding tert-OH is 4. The summed E-state index contributed by atoms with van der Waals surface area (Å²) in [5.41, 5.74) is 0. The van der Waals surface area contributed by atoms with Gasteiger partial charge in [-0.25, -0.2) is 0 Å². The molecule has 0 saturated carbocycles. The van der Waals surface area contributed by atoms with E-state index in [0.29, 0.717) is 12.8 Å². The maximum Gasteiger partial charge on any atom is 0.306 e. The molecule has 6 atom stereocenters. The Balaban J connectivity index is 2.26. The van der Waals surface area contributed by atoms with Crippen LogP contribution >= 0.6 is 0 Å². The third-order valence-electron chi connectivity index (χ3n) is 11.7. The van der Waals surface area contributed by atoms with Crippen LogP contribution in [-0.4, -0.2) is 89.0 Å². The highest BCUT2D eigenvalue weighted by Gasteiger charge is 2.44. The van der Waals surface area contributed by atoms with Gasteiger partial charge in [0.05, 0.1) is 13.2 Å². The fourth-order valence-electron chi connectivity index (χ4n) is 7.68. The van der Waals surface area contributed by atoms with Crippen LogP contribution < -0.4 is 0 Å². The van der Waals surface area contributed by atoms with Crippen LogP contribution in [0.25, 0.3) is 0 Å². The van der Waals surface area contributed by atoms with Crippen molar-refractivity contribution < 1.29 is 49.0 Å². The Morgan fingerprint density at radius 1 is 0.508 bits per heavy atom. The van der Waals surface area contributed by atoms with Crippen molar-refractivity contribution in [2.75, 3.05) is 19.8 Å². The van der Waals surface area contributed by atoms with E-state index in [2.05, 4.69) is 62.5 Å². The van der Waals surface area contributed by atoms with Crippen molar-refractivity contribution in [2.45, 2.75) is 256 Å². The topological polar surface area (TPSA) is 152 Å². The Kier molecular flexibility index (Phi) is 40.6. The predicted molar refractivity (Wildman–Crippen MR) is 256 cm³/mol. The highest BCUT2D eigenvalue weighted by Crippen LogP contribution is 2.23. The number of hydrogen-bond donors (Lipinski definition) is 4. The van der Waals surface area contributed by atoms with Crippen LogP contribution in [0.3, 0.4) is 0 Å². The maximum absolute atomic E-state index is 12.8. The van der Waals surface area contributed by atoms with E-state index in [1.54, 1.807) is 0 Å². The number of rotatable bonds is 43. The van der Waals surface area contributed by atoms with Gasteiger partial charge in [-0.1, -0.05) is 191 Å². The molecule has 1 aliphatic heterocycles. The van der Waals surface area contributed by atoms with Gasteiger partial charge in [0.1, 0.15) is 31.0 Å². The second-order valence-electron chi connectivity index (χ2n) is 17.6. The molecule has 0 aromatic rings. The first-order valence-corrected chi connectivity index (χ1v) is 25.7. The molecule has 1 rings (SSSR count). The maximum atomic E-state index is 12.8. The van der Waals surface area contributed by atoms with E-state index in [9.17, 15) is 30.0 Å². The average Bonchev–Trinajstić information content (AvgIpc) is 3.28. The van der Waals surface area contributed by atoms with Crippen molar-refractivity contribution in [1.82, 2.24) is 0 Å². The highest BCUT2D eigenvalue weighted by atomic mass is 16.7. The average molecular weight is 891 g/mol. The molecule has 1 aliphatic rings. The molecule has 0 radical (unpaired) electrons. The van der Waals surface area contributed by atoms with Gasteiger partial charge in [-0.15, -0.1) is 0 Å².